The third kappa shape index (κ3) is 7.40. The van der Waals surface area contributed by atoms with Crippen LogP contribution in [0.4, 0.5) is 38.0 Å². The molecule has 0 atom stereocenters. The van der Waals surface area contributed by atoms with Crippen LogP contribution >= 0.6 is 11.6 Å². The quantitative estimate of drug-likeness (QED) is 0.262. The second-order valence-electron chi connectivity index (χ2n) is 6.83. The number of aryl methyl sites for hydroxylation is 1. The zero-order valence-corrected chi connectivity index (χ0v) is 17.7. The van der Waals surface area contributed by atoms with E-state index in [1.165, 1.54) is 10.9 Å². The third-order valence-electron chi connectivity index (χ3n) is 4.01. The van der Waals surface area contributed by atoms with E-state index in [0.717, 1.165) is 5.56 Å². The Bertz CT molecular complexity index is 1100. The van der Waals surface area contributed by atoms with Crippen LogP contribution in [-0.2, 0) is 22.6 Å². The number of hydrogen-bond acceptors (Lipinski definition) is 7. The van der Waals surface area contributed by atoms with Crippen molar-refractivity contribution in [1.29, 1.82) is 0 Å². The first-order valence-electron chi connectivity index (χ1n) is 9.33. The Labute approximate surface area is 187 Å². The van der Waals surface area contributed by atoms with Crippen LogP contribution in [0, 0.1) is 6.92 Å². The lowest BCUT2D eigenvalue weighted by atomic mass is 10.3. The maximum absolute atomic E-state index is 12.5. The second kappa shape index (κ2) is 10.1. The summed E-state index contributed by atoms with van der Waals surface area (Å²) in [6.07, 6.45) is -7.53. The van der Waals surface area contributed by atoms with Crippen LogP contribution in [0.1, 0.15) is 11.3 Å². The van der Waals surface area contributed by atoms with Gasteiger partial charge in [-0.15, -0.1) is 0 Å². The Kier molecular flexibility index (Phi) is 7.59. The number of pyridine rings is 1. The molecule has 180 valence electrons. The van der Waals surface area contributed by atoms with Crippen molar-refractivity contribution in [3.63, 3.8) is 0 Å². The van der Waals surface area contributed by atoms with Crippen molar-refractivity contribution >= 4 is 34.3 Å². The molecule has 0 aromatic carbocycles. The summed E-state index contributed by atoms with van der Waals surface area (Å²) in [7, 11) is 0. The molecule has 15 heteroatoms. The Morgan fingerprint density at radius 1 is 1.06 bits per heavy atom. The molecule has 0 saturated carbocycles. The summed E-state index contributed by atoms with van der Waals surface area (Å²) in [5.74, 6) is 0.482. The highest BCUT2D eigenvalue weighted by Crippen LogP contribution is 2.28. The fourth-order valence-electron chi connectivity index (χ4n) is 2.79. The van der Waals surface area contributed by atoms with Crippen LogP contribution in [0.2, 0.25) is 5.28 Å². The number of hydrogen-bond donors (Lipinski definition) is 1. The summed E-state index contributed by atoms with van der Waals surface area (Å²) < 4.78 is 84.9. The van der Waals surface area contributed by atoms with Crippen molar-refractivity contribution in [3.05, 3.63) is 34.9 Å². The first-order chi connectivity index (χ1) is 15.4. The third-order valence-corrected chi connectivity index (χ3v) is 4.18. The molecular weight excluding hydrogens is 482 g/mol. The van der Waals surface area contributed by atoms with E-state index in [9.17, 15) is 26.3 Å². The molecule has 0 bridgehead atoms. The summed E-state index contributed by atoms with van der Waals surface area (Å²) in [6, 6.07) is 3.45. The monoisotopic (exact) mass is 498 g/mol. The van der Waals surface area contributed by atoms with E-state index < -0.39 is 32.2 Å². The molecule has 33 heavy (non-hydrogen) atoms. The molecule has 0 spiro atoms. The molecule has 0 aliphatic rings. The summed E-state index contributed by atoms with van der Waals surface area (Å²) >= 11 is 6.00. The van der Waals surface area contributed by atoms with Gasteiger partial charge in [0.2, 0.25) is 5.28 Å². The Morgan fingerprint density at radius 2 is 1.76 bits per heavy atom. The summed E-state index contributed by atoms with van der Waals surface area (Å²) in [5.41, 5.74) is 1.13. The highest BCUT2D eigenvalue weighted by molar-refractivity contribution is 6.28. The van der Waals surface area contributed by atoms with Gasteiger partial charge in [0.05, 0.1) is 19.8 Å². The van der Waals surface area contributed by atoms with Crippen LogP contribution < -0.4 is 5.32 Å². The van der Waals surface area contributed by atoms with Crippen LogP contribution in [0.15, 0.2) is 18.3 Å². The first-order valence-corrected chi connectivity index (χ1v) is 9.71. The van der Waals surface area contributed by atoms with E-state index in [4.69, 9.17) is 11.6 Å². The average Bonchev–Trinajstić information content (AvgIpc) is 3.01. The van der Waals surface area contributed by atoms with Crippen molar-refractivity contribution in [2.45, 2.75) is 32.4 Å². The van der Waals surface area contributed by atoms with Crippen LogP contribution in [0.25, 0.3) is 11.0 Å². The minimum absolute atomic E-state index is 0.00498. The van der Waals surface area contributed by atoms with Crippen molar-refractivity contribution in [2.24, 2.45) is 0 Å². The van der Waals surface area contributed by atoms with Gasteiger partial charge in [0.25, 0.3) is 0 Å². The van der Waals surface area contributed by atoms with Crippen LogP contribution in [0.3, 0.4) is 0 Å². The number of nitrogens with zero attached hydrogens (tertiary/aromatic N) is 5. The number of ether oxygens (including phenoxy) is 2. The first kappa shape index (κ1) is 24.9. The van der Waals surface area contributed by atoms with Gasteiger partial charge in [-0.05, 0) is 36.2 Å². The summed E-state index contributed by atoms with van der Waals surface area (Å²) in [4.78, 5) is 12.3. The number of nitrogens with one attached hydrogen (secondary N) is 1. The molecule has 0 radical (unpaired) electrons. The molecule has 3 heterocycles. The zero-order chi connectivity index (χ0) is 24.2. The molecule has 3 rings (SSSR count). The van der Waals surface area contributed by atoms with Gasteiger partial charge in [-0.25, -0.2) is 9.97 Å². The van der Waals surface area contributed by atoms with Crippen molar-refractivity contribution in [3.8, 4) is 0 Å². The number of alkyl halides is 6. The predicted octanol–water partition coefficient (Wildman–Crippen LogP) is 4.58. The van der Waals surface area contributed by atoms with Crippen molar-refractivity contribution in [2.75, 3.05) is 25.1 Å². The minimum Gasteiger partial charge on any atom is -0.370 e. The van der Waals surface area contributed by atoms with Gasteiger partial charge in [-0.3, -0.25) is 4.68 Å². The highest BCUT2D eigenvalue weighted by atomic mass is 35.5. The molecule has 3 aromatic heterocycles. The lowest BCUT2D eigenvalue weighted by molar-refractivity contribution is -0.177. The van der Waals surface area contributed by atoms with E-state index in [2.05, 4.69) is 34.8 Å². The summed E-state index contributed by atoms with van der Waals surface area (Å²) in [6.45, 7) is -2.28. The molecular formula is C18H17ClF6N6O2. The van der Waals surface area contributed by atoms with Crippen LogP contribution in [0.5, 0.6) is 0 Å². The SMILES string of the molecule is Cc1ccnc(Nc2nc(Cl)nc3c(COCC(F)(F)F)nn(CCOCC(F)(F)F)c23)c1. The largest absolute Gasteiger partial charge is 0.411 e. The lowest BCUT2D eigenvalue weighted by Gasteiger charge is -2.11. The van der Waals surface area contributed by atoms with Gasteiger partial charge in [0.15, 0.2) is 5.82 Å². The average molecular weight is 499 g/mol. The number of rotatable bonds is 9. The van der Waals surface area contributed by atoms with E-state index in [0.29, 0.717) is 5.82 Å². The van der Waals surface area contributed by atoms with E-state index in [-0.39, 0.29) is 41.0 Å². The van der Waals surface area contributed by atoms with Gasteiger partial charge in [-0.2, -0.15) is 36.4 Å². The Hall–Kier alpha value is -2.71. The van der Waals surface area contributed by atoms with E-state index in [1.54, 1.807) is 12.1 Å². The molecule has 0 saturated heterocycles. The van der Waals surface area contributed by atoms with Gasteiger partial charge in [-0.1, -0.05) is 0 Å². The van der Waals surface area contributed by atoms with Gasteiger partial charge in [0.1, 0.15) is 35.8 Å². The maximum Gasteiger partial charge on any atom is 0.411 e. The summed E-state index contributed by atoms with van der Waals surface area (Å²) in [5, 5.41) is 6.84. The molecule has 0 fully saturated rings. The smallest absolute Gasteiger partial charge is 0.370 e. The zero-order valence-electron chi connectivity index (χ0n) is 17.0. The van der Waals surface area contributed by atoms with E-state index in [1.807, 2.05) is 6.92 Å². The van der Waals surface area contributed by atoms with Crippen molar-refractivity contribution < 1.29 is 35.8 Å². The molecule has 8 nitrogen and oxygen atoms in total. The number of anilines is 2. The molecule has 0 aliphatic carbocycles. The molecule has 0 unspecified atom stereocenters. The Morgan fingerprint density at radius 3 is 2.42 bits per heavy atom. The lowest BCUT2D eigenvalue weighted by Crippen LogP contribution is -2.19. The minimum atomic E-state index is -4.56. The molecule has 0 amide bonds. The van der Waals surface area contributed by atoms with Gasteiger partial charge >= 0.3 is 12.4 Å². The number of halogens is 7. The second-order valence-corrected chi connectivity index (χ2v) is 7.17. The highest BCUT2D eigenvalue weighted by Gasteiger charge is 2.29. The molecule has 0 aliphatic heterocycles. The number of aromatic nitrogens is 5. The van der Waals surface area contributed by atoms with E-state index >= 15 is 0 Å². The van der Waals surface area contributed by atoms with Crippen molar-refractivity contribution in [1.82, 2.24) is 24.7 Å². The Balaban J connectivity index is 1.94. The normalized spacial score (nSPS) is 12.5. The van der Waals surface area contributed by atoms with Gasteiger partial charge in [0, 0.05) is 6.20 Å². The fraction of sp³-hybridized carbons (Fsp3) is 0.444. The fourth-order valence-corrected chi connectivity index (χ4v) is 2.96. The number of fused-ring (bicyclic) bond motifs is 1. The standard InChI is InChI=1S/C18H17ClF6N6O2/c1-10-2-3-26-12(6-10)27-15-14-13(28-16(19)29-15)11(7-33-9-18(23,24)25)30-31(14)4-5-32-8-17(20,21)22/h2-3,6H,4-5,7-9H2,1H3,(H,26,27,28,29). The topological polar surface area (TPSA) is 87.0 Å². The van der Waals surface area contributed by atoms with Crippen LogP contribution in [-0.4, -0.2) is 56.9 Å². The molecule has 3 aromatic rings. The van der Waals surface area contributed by atoms with Gasteiger partial charge < -0.3 is 14.8 Å². The predicted molar refractivity (Wildman–Crippen MR) is 105 cm³/mol. The molecule has 1 N–H and O–H groups in total. The maximum atomic E-state index is 12.5.